The number of esters is 1. The Bertz CT molecular complexity index is 851. The summed E-state index contributed by atoms with van der Waals surface area (Å²) in [5.74, 6) is 5.75. The second-order valence-corrected chi connectivity index (χ2v) is 4.53. The third-order valence-corrected chi connectivity index (χ3v) is 3.20. The van der Waals surface area contributed by atoms with E-state index in [2.05, 4.69) is 16.8 Å². The highest BCUT2D eigenvalue weighted by Gasteiger charge is 2.16. The molecular formula is C18H13NO2. The maximum absolute atomic E-state index is 11.9. The van der Waals surface area contributed by atoms with E-state index in [0.29, 0.717) is 11.3 Å². The van der Waals surface area contributed by atoms with Crippen molar-refractivity contribution in [1.29, 1.82) is 0 Å². The zero-order valence-corrected chi connectivity index (χ0v) is 11.5. The molecule has 102 valence electrons. The second-order valence-electron chi connectivity index (χ2n) is 4.53. The molecule has 0 radical (unpaired) electrons. The van der Waals surface area contributed by atoms with Crippen LogP contribution in [-0.2, 0) is 4.74 Å². The van der Waals surface area contributed by atoms with Crippen LogP contribution < -0.4 is 0 Å². The number of nitrogens with one attached hydrogen (secondary N) is 1. The number of benzene rings is 2. The smallest absolute Gasteiger partial charge is 0.355 e. The van der Waals surface area contributed by atoms with Gasteiger partial charge in [-0.1, -0.05) is 48.2 Å². The maximum atomic E-state index is 11.9. The van der Waals surface area contributed by atoms with Crippen LogP contribution in [0, 0.1) is 11.8 Å². The molecule has 0 atom stereocenters. The molecule has 0 unspecified atom stereocenters. The first-order chi connectivity index (χ1) is 10.3. The van der Waals surface area contributed by atoms with Gasteiger partial charge in [-0.2, -0.15) is 0 Å². The van der Waals surface area contributed by atoms with E-state index in [-0.39, 0.29) is 0 Å². The fourth-order valence-electron chi connectivity index (χ4n) is 2.18. The Balaban J connectivity index is 2.16. The molecule has 1 aromatic heterocycles. The van der Waals surface area contributed by atoms with E-state index < -0.39 is 5.97 Å². The van der Waals surface area contributed by atoms with E-state index in [1.807, 2.05) is 54.6 Å². The molecule has 3 aromatic rings. The van der Waals surface area contributed by atoms with Gasteiger partial charge in [-0.25, -0.2) is 4.79 Å². The van der Waals surface area contributed by atoms with Crippen molar-refractivity contribution in [3.05, 3.63) is 71.4 Å². The van der Waals surface area contributed by atoms with Crippen molar-refractivity contribution < 1.29 is 9.53 Å². The summed E-state index contributed by atoms with van der Waals surface area (Å²) in [4.78, 5) is 15.0. The van der Waals surface area contributed by atoms with E-state index >= 15 is 0 Å². The highest BCUT2D eigenvalue weighted by molar-refractivity contribution is 6.00. The normalized spacial score (nSPS) is 9.95. The van der Waals surface area contributed by atoms with E-state index in [4.69, 9.17) is 4.74 Å². The van der Waals surface area contributed by atoms with E-state index in [9.17, 15) is 4.79 Å². The summed E-state index contributed by atoms with van der Waals surface area (Å²) in [6.45, 7) is 0. The molecular weight excluding hydrogens is 262 g/mol. The van der Waals surface area contributed by atoms with Crippen LogP contribution in [0.3, 0.4) is 0 Å². The average Bonchev–Trinajstić information content (AvgIpc) is 2.92. The Kier molecular flexibility index (Phi) is 3.44. The van der Waals surface area contributed by atoms with Crippen LogP contribution in [0.4, 0.5) is 0 Å². The molecule has 0 aliphatic rings. The van der Waals surface area contributed by atoms with Crippen LogP contribution in [0.5, 0.6) is 0 Å². The number of hydrogen-bond donors (Lipinski definition) is 1. The minimum Gasteiger partial charge on any atom is -0.464 e. The summed E-state index contributed by atoms with van der Waals surface area (Å²) < 4.78 is 4.82. The lowest BCUT2D eigenvalue weighted by molar-refractivity contribution is 0.0595. The van der Waals surface area contributed by atoms with Gasteiger partial charge in [-0.3, -0.25) is 0 Å². The summed E-state index contributed by atoms with van der Waals surface area (Å²) in [5.41, 5.74) is 2.83. The van der Waals surface area contributed by atoms with Gasteiger partial charge < -0.3 is 9.72 Å². The lowest BCUT2D eigenvalue weighted by Gasteiger charge is -1.96. The van der Waals surface area contributed by atoms with Gasteiger partial charge in [0.1, 0.15) is 5.69 Å². The van der Waals surface area contributed by atoms with Crippen molar-refractivity contribution in [3.8, 4) is 11.8 Å². The Labute approximate surface area is 122 Å². The number of hydrogen-bond acceptors (Lipinski definition) is 2. The number of carbonyl (C=O) groups excluding carboxylic acids is 1. The van der Waals surface area contributed by atoms with Crippen molar-refractivity contribution in [3.63, 3.8) is 0 Å². The fourth-order valence-corrected chi connectivity index (χ4v) is 2.18. The first-order valence-electron chi connectivity index (χ1n) is 6.55. The Morgan fingerprint density at radius 3 is 2.48 bits per heavy atom. The Morgan fingerprint density at radius 2 is 1.71 bits per heavy atom. The average molecular weight is 275 g/mol. The van der Waals surface area contributed by atoms with Crippen LogP contribution in [0.15, 0.2) is 54.6 Å². The summed E-state index contributed by atoms with van der Waals surface area (Å²) in [5, 5.41) is 0.918. The molecule has 1 heterocycles. The van der Waals surface area contributed by atoms with E-state index in [1.54, 1.807) is 0 Å². The van der Waals surface area contributed by atoms with Crippen LogP contribution in [0.1, 0.15) is 21.6 Å². The number of fused-ring (bicyclic) bond motifs is 1. The third kappa shape index (κ3) is 2.52. The second kappa shape index (κ2) is 5.56. The van der Waals surface area contributed by atoms with Crippen molar-refractivity contribution >= 4 is 16.9 Å². The minimum absolute atomic E-state index is 0.391. The number of para-hydroxylation sites is 1. The highest BCUT2D eigenvalue weighted by atomic mass is 16.5. The van der Waals surface area contributed by atoms with Crippen LogP contribution in [-0.4, -0.2) is 18.1 Å². The van der Waals surface area contributed by atoms with Crippen molar-refractivity contribution in [2.75, 3.05) is 7.11 Å². The van der Waals surface area contributed by atoms with Gasteiger partial charge in [0.15, 0.2) is 0 Å². The zero-order chi connectivity index (χ0) is 14.7. The standard InChI is InChI=1S/C18H13NO2/c1-21-18(20)17-15(12-11-13-7-3-2-4-8-13)14-9-5-6-10-16(14)19-17/h2-10,19H,1H3. The molecule has 3 nitrogen and oxygen atoms in total. The summed E-state index contributed by atoms with van der Waals surface area (Å²) in [7, 11) is 1.36. The van der Waals surface area contributed by atoms with Gasteiger partial charge in [-0.05, 0) is 18.2 Å². The molecule has 2 aromatic carbocycles. The predicted octanol–water partition coefficient (Wildman–Crippen LogP) is 3.35. The van der Waals surface area contributed by atoms with Crippen molar-refractivity contribution in [2.24, 2.45) is 0 Å². The van der Waals surface area contributed by atoms with Crippen LogP contribution in [0.25, 0.3) is 10.9 Å². The number of methoxy groups -OCH3 is 1. The maximum Gasteiger partial charge on any atom is 0.355 e. The lowest BCUT2D eigenvalue weighted by atomic mass is 10.1. The minimum atomic E-state index is -0.413. The topological polar surface area (TPSA) is 42.1 Å². The molecule has 0 spiro atoms. The third-order valence-electron chi connectivity index (χ3n) is 3.20. The Hall–Kier alpha value is -2.99. The molecule has 3 heteroatoms. The van der Waals surface area contributed by atoms with Gasteiger partial charge in [0.05, 0.1) is 12.7 Å². The summed E-state index contributed by atoms with van der Waals surface area (Å²) in [6, 6.07) is 17.3. The number of ether oxygens (including phenoxy) is 1. The number of carbonyl (C=O) groups is 1. The fraction of sp³-hybridized carbons (Fsp3) is 0.0556. The van der Waals surface area contributed by atoms with Gasteiger partial charge in [0.2, 0.25) is 0 Å². The first kappa shape index (κ1) is 13.0. The molecule has 0 aliphatic carbocycles. The lowest BCUT2D eigenvalue weighted by Crippen LogP contribution is -2.03. The first-order valence-corrected chi connectivity index (χ1v) is 6.55. The molecule has 0 amide bonds. The molecule has 0 aliphatic heterocycles. The number of H-pyrrole nitrogens is 1. The summed E-state index contributed by atoms with van der Waals surface area (Å²) in [6.07, 6.45) is 0. The number of aromatic amines is 1. The van der Waals surface area contributed by atoms with Gasteiger partial charge >= 0.3 is 5.97 Å². The molecule has 0 saturated heterocycles. The predicted molar refractivity (Wildman–Crippen MR) is 82.1 cm³/mol. The molecule has 0 saturated carbocycles. The quantitative estimate of drug-likeness (QED) is 0.546. The molecule has 21 heavy (non-hydrogen) atoms. The van der Waals surface area contributed by atoms with E-state index in [0.717, 1.165) is 16.5 Å². The molecule has 0 fully saturated rings. The van der Waals surface area contributed by atoms with Crippen molar-refractivity contribution in [2.45, 2.75) is 0 Å². The summed E-state index contributed by atoms with van der Waals surface area (Å²) >= 11 is 0. The van der Waals surface area contributed by atoms with Crippen LogP contribution in [0.2, 0.25) is 0 Å². The van der Waals surface area contributed by atoms with Gasteiger partial charge in [-0.15, -0.1) is 0 Å². The SMILES string of the molecule is COC(=O)c1[nH]c2ccccc2c1C#Cc1ccccc1. The van der Waals surface area contributed by atoms with Gasteiger partial charge in [0, 0.05) is 16.5 Å². The van der Waals surface area contributed by atoms with Gasteiger partial charge in [0.25, 0.3) is 0 Å². The number of aromatic nitrogens is 1. The Morgan fingerprint density at radius 1 is 1.00 bits per heavy atom. The molecule has 0 bridgehead atoms. The molecule has 1 N–H and O–H groups in total. The largest absolute Gasteiger partial charge is 0.464 e. The van der Waals surface area contributed by atoms with Crippen molar-refractivity contribution in [1.82, 2.24) is 4.98 Å². The monoisotopic (exact) mass is 275 g/mol. The highest BCUT2D eigenvalue weighted by Crippen LogP contribution is 2.22. The molecule has 3 rings (SSSR count). The van der Waals surface area contributed by atoms with E-state index in [1.165, 1.54) is 7.11 Å². The number of rotatable bonds is 1. The zero-order valence-electron chi connectivity index (χ0n) is 11.5. The van der Waals surface area contributed by atoms with Crippen LogP contribution >= 0.6 is 0 Å².